The lowest BCUT2D eigenvalue weighted by Crippen LogP contribution is -2.41. The van der Waals surface area contributed by atoms with E-state index in [1.54, 1.807) is 12.1 Å². The topological polar surface area (TPSA) is 38.3 Å². The lowest BCUT2D eigenvalue weighted by molar-refractivity contribution is -0.121. The van der Waals surface area contributed by atoms with Gasteiger partial charge in [0.2, 0.25) is 5.91 Å². The smallest absolute Gasteiger partial charge is 0.224 e. The van der Waals surface area contributed by atoms with Crippen molar-refractivity contribution in [2.24, 2.45) is 0 Å². The van der Waals surface area contributed by atoms with E-state index in [2.05, 4.69) is 5.32 Å². The minimum Gasteiger partial charge on any atom is -0.487 e. The van der Waals surface area contributed by atoms with Crippen molar-refractivity contribution in [2.75, 3.05) is 0 Å². The Balaban J connectivity index is 1.74. The normalized spacial score (nSPS) is 18.7. The zero-order valence-corrected chi connectivity index (χ0v) is 13.3. The second-order valence-corrected chi connectivity index (χ2v) is 6.53. The molecule has 1 atom stereocenters. The van der Waals surface area contributed by atoms with Gasteiger partial charge in [-0.25, -0.2) is 4.39 Å². The van der Waals surface area contributed by atoms with Crippen LogP contribution >= 0.6 is 0 Å². The third kappa shape index (κ3) is 3.70. The van der Waals surface area contributed by atoms with E-state index in [-0.39, 0.29) is 29.8 Å². The Morgan fingerprint density at radius 3 is 2.65 bits per heavy atom. The van der Waals surface area contributed by atoms with Gasteiger partial charge in [0, 0.05) is 12.0 Å². The summed E-state index contributed by atoms with van der Waals surface area (Å²) < 4.78 is 18.9. The van der Waals surface area contributed by atoms with Gasteiger partial charge in [-0.2, -0.15) is 0 Å². The van der Waals surface area contributed by atoms with Gasteiger partial charge in [0.1, 0.15) is 17.2 Å². The van der Waals surface area contributed by atoms with Crippen LogP contribution in [-0.2, 0) is 11.2 Å². The molecule has 0 unspecified atom stereocenters. The van der Waals surface area contributed by atoms with Crippen molar-refractivity contribution in [2.45, 2.75) is 38.3 Å². The summed E-state index contributed by atoms with van der Waals surface area (Å²) in [6.45, 7) is 4.03. The zero-order chi connectivity index (χ0) is 16.4. The maximum Gasteiger partial charge on any atom is 0.224 e. The highest BCUT2D eigenvalue weighted by atomic mass is 19.1. The average molecular weight is 313 g/mol. The SMILES string of the molecule is CC1(C)C[C@H](NC(=O)Cc2ccc(F)cc2)c2ccccc2O1. The number of halogens is 1. The van der Waals surface area contributed by atoms with Crippen LogP contribution < -0.4 is 10.1 Å². The van der Waals surface area contributed by atoms with Gasteiger partial charge in [-0.15, -0.1) is 0 Å². The molecule has 1 aliphatic heterocycles. The Bertz CT molecular complexity index is 710. The molecule has 2 aromatic rings. The Morgan fingerprint density at radius 2 is 1.91 bits per heavy atom. The van der Waals surface area contributed by atoms with Gasteiger partial charge < -0.3 is 10.1 Å². The number of para-hydroxylation sites is 1. The van der Waals surface area contributed by atoms with Crippen LogP contribution in [-0.4, -0.2) is 11.5 Å². The summed E-state index contributed by atoms with van der Waals surface area (Å²) in [5.41, 5.74) is 1.46. The van der Waals surface area contributed by atoms with E-state index in [9.17, 15) is 9.18 Å². The van der Waals surface area contributed by atoms with Crippen LogP contribution in [0.2, 0.25) is 0 Å². The molecule has 1 aliphatic rings. The van der Waals surface area contributed by atoms with E-state index in [4.69, 9.17) is 4.74 Å². The lowest BCUT2D eigenvalue weighted by Gasteiger charge is -2.37. The molecule has 4 heteroatoms. The van der Waals surface area contributed by atoms with Gasteiger partial charge in [0.05, 0.1) is 12.5 Å². The van der Waals surface area contributed by atoms with Gasteiger partial charge in [0.25, 0.3) is 0 Å². The van der Waals surface area contributed by atoms with Gasteiger partial charge >= 0.3 is 0 Å². The molecule has 3 rings (SSSR count). The highest BCUT2D eigenvalue weighted by Crippen LogP contribution is 2.39. The quantitative estimate of drug-likeness (QED) is 0.936. The fourth-order valence-corrected chi connectivity index (χ4v) is 2.96. The molecule has 0 radical (unpaired) electrons. The van der Waals surface area contributed by atoms with E-state index in [1.807, 2.05) is 38.1 Å². The highest BCUT2D eigenvalue weighted by Gasteiger charge is 2.34. The van der Waals surface area contributed by atoms with Crippen LogP contribution in [0.4, 0.5) is 4.39 Å². The van der Waals surface area contributed by atoms with Crippen molar-refractivity contribution in [1.82, 2.24) is 5.32 Å². The van der Waals surface area contributed by atoms with Gasteiger partial charge in [-0.3, -0.25) is 4.79 Å². The fraction of sp³-hybridized carbons (Fsp3) is 0.316. The van der Waals surface area contributed by atoms with Crippen molar-refractivity contribution in [3.63, 3.8) is 0 Å². The molecule has 3 nitrogen and oxygen atoms in total. The maximum atomic E-state index is 12.9. The number of fused-ring (bicyclic) bond motifs is 1. The summed E-state index contributed by atoms with van der Waals surface area (Å²) in [6, 6.07) is 13.7. The molecule has 1 amide bonds. The Labute approximate surface area is 135 Å². The molecular formula is C19H20FNO2. The van der Waals surface area contributed by atoms with E-state index < -0.39 is 0 Å². The summed E-state index contributed by atoms with van der Waals surface area (Å²) in [6.07, 6.45) is 0.944. The molecule has 0 bridgehead atoms. The Morgan fingerprint density at radius 1 is 1.22 bits per heavy atom. The number of nitrogens with one attached hydrogen (secondary N) is 1. The third-order valence-electron chi connectivity index (χ3n) is 3.99. The summed E-state index contributed by atoms with van der Waals surface area (Å²) >= 11 is 0. The molecule has 0 fully saturated rings. The van der Waals surface area contributed by atoms with Crippen LogP contribution in [0.3, 0.4) is 0 Å². The molecule has 0 saturated carbocycles. The molecular weight excluding hydrogens is 293 g/mol. The molecule has 0 spiro atoms. The number of hydrogen-bond acceptors (Lipinski definition) is 2. The monoisotopic (exact) mass is 313 g/mol. The van der Waals surface area contributed by atoms with Crippen molar-refractivity contribution >= 4 is 5.91 Å². The second-order valence-electron chi connectivity index (χ2n) is 6.53. The number of hydrogen-bond donors (Lipinski definition) is 1. The van der Waals surface area contributed by atoms with Crippen LogP contribution in [0.5, 0.6) is 5.75 Å². The van der Waals surface area contributed by atoms with Crippen molar-refractivity contribution in [3.8, 4) is 5.75 Å². The van der Waals surface area contributed by atoms with E-state index in [0.29, 0.717) is 6.42 Å². The first-order chi connectivity index (χ1) is 10.9. The molecule has 2 aromatic carbocycles. The molecule has 1 N–H and O–H groups in total. The first kappa shape index (κ1) is 15.5. The van der Waals surface area contributed by atoms with Crippen molar-refractivity contribution in [1.29, 1.82) is 0 Å². The maximum absolute atomic E-state index is 12.9. The Kier molecular flexibility index (Phi) is 4.07. The first-order valence-corrected chi connectivity index (χ1v) is 7.75. The molecule has 23 heavy (non-hydrogen) atoms. The van der Waals surface area contributed by atoms with Gasteiger partial charge in [-0.1, -0.05) is 30.3 Å². The first-order valence-electron chi connectivity index (χ1n) is 7.75. The Hall–Kier alpha value is -2.36. The molecule has 120 valence electrons. The van der Waals surface area contributed by atoms with Crippen LogP contribution in [0.1, 0.15) is 37.4 Å². The van der Waals surface area contributed by atoms with Gasteiger partial charge in [-0.05, 0) is 37.6 Å². The van der Waals surface area contributed by atoms with Gasteiger partial charge in [0.15, 0.2) is 0 Å². The average Bonchev–Trinajstić information content (AvgIpc) is 2.48. The number of amides is 1. The van der Waals surface area contributed by atoms with Crippen molar-refractivity contribution in [3.05, 3.63) is 65.5 Å². The largest absolute Gasteiger partial charge is 0.487 e. The standard InChI is InChI=1S/C19H20FNO2/c1-19(2)12-16(15-5-3-4-6-17(15)23-19)21-18(22)11-13-7-9-14(20)10-8-13/h3-10,16H,11-12H2,1-2H3,(H,21,22)/t16-/m0/s1. The number of ether oxygens (including phenoxy) is 1. The summed E-state index contributed by atoms with van der Waals surface area (Å²) in [4.78, 5) is 12.3. The molecule has 0 saturated heterocycles. The number of carbonyl (C=O) groups is 1. The minimum absolute atomic E-state index is 0.0749. The van der Waals surface area contributed by atoms with Crippen LogP contribution in [0.25, 0.3) is 0 Å². The highest BCUT2D eigenvalue weighted by molar-refractivity contribution is 5.79. The predicted octanol–water partition coefficient (Wildman–Crippen LogP) is 3.79. The molecule has 0 aliphatic carbocycles. The minimum atomic E-state index is -0.331. The van der Waals surface area contributed by atoms with E-state index in [1.165, 1.54) is 12.1 Å². The number of carbonyl (C=O) groups excluding carboxylic acids is 1. The van der Waals surface area contributed by atoms with Crippen molar-refractivity contribution < 1.29 is 13.9 Å². The van der Waals surface area contributed by atoms with Crippen LogP contribution in [0, 0.1) is 5.82 Å². The van der Waals surface area contributed by atoms with E-state index in [0.717, 1.165) is 16.9 Å². The number of rotatable bonds is 3. The predicted molar refractivity (Wildman–Crippen MR) is 86.8 cm³/mol. The van der Waals surface area contributed by atoms with E-state index >= 15 is 0 Å². The second kappa shape index (κ2) is 6.03. The third-order valence-corrected chi connectivity index (χ3v) is 3.99. The lowest BCUT2D eigenvalue weighted by atomic mass is 9.89. The summed E-state index contributed by atoms with van der Waals surface area (Å²) in [5.74, 6) is 0.444. The fourth-order valence-electron chi connectivity index (χ4n) is 2.96. The molecule has 0 aromatic heterocycles. The number of benzene rings is 2. The summed E-state index contributed by atoms with van der Waals surface area (Å²) in [7, 11) is 0. The molecule has 1 heterocycles. The zero-order valence-electron chi connectivity index (χ0n) is 13.3. The van der Waals surface area contributed by atoms with Crippen LogP contribution in [0.15, 0.2) is 48.5 Å². The summed E-state index contributed by atoms with van der Waals surface area (Å²) in [5, 5.41) is 3.08.